The smallest absolute Gasteiger partial charge is 0.311 e. The standard InChI is InChI=1S/C15H19N5O3/c1-10-6-4-7-13(16-10)17-14(21)8-5-9-19-12(3)15(20(22)23)11(2)18-19/h4,6-7H,5,8-9H2,1-3H3,(H,16,17,21). The summed E-state index contributed by atoms with van der Waals surface area (Å²) in [6.45, 7) is 5.58. The molecule has 2 aromatic rings. The van der Waals surface area contributed by atoms with Crippen LogP contribution in [0.1, 0.15) is 29.9 Å². The molecule has 0 radical (unpaired) electrons. The zero-order chi connectivity index (χ0) is 17.0. The van der Waals surface area contributed by atoms with Gasteiger partial charge in [0.2, 0.25) is 5.91 Å². The Morgan fingerprint density at radius 2 is 2.09 bits per heavy atom. The second kappa shape index (κ2) is 6.99. The summed E-state index contributed by atoms with van der Waals surface area (Å²) in [6, 6.07) is 5.41. The quantitative estimate of drug-likeness (QED) is 0.651. The largest absolute Gasteiger partial charge is 0.312 e. The van der Waals surface area contributed by atoms with Crippen LogP contribution in [0.5, 0.6) is 0 Å². The number of nitro groups is 1. The maximum absolute atomic E-state index is 11.9. The summed E-state index contributed by atoms with van der Waals surface area (Å²) in [5.41, 5.74) is 1.77. The summed E-state index contributed by atoms with van der Waals surface area (Å²) in [7, 11) is 0. The number of nitrogens with zero attached hydrogens (tertiary/aromatic N) is 4. The number of aryl methyl sites for hydroxylation is 3. The average Bonchev–Trinajstić information content (AvgIpc) is 2.73. The van der Waals surface area contributed by atoms with Crippen molar-refractivity contribution in [3.63, 3.8) is 0 Å². The fourth-order valence-corrected chi connectivity index (χ4v) is 2.38. The van der Waals surface area contributed by atoms with E-state index in [9.17, 15) is 14.9 Å². The summed E-state index contributed by atoms with van der Waals surface area (Å²) in [6.07, 6.45) is 0.832. The zero-order valence-corrected chi connectivity index (χ0v) is 13.4. The molecule has 2 aromatic heterocycles. The van der Waals surface area contributed by atoms with Crippen molar-refractivity contribution in [3.8, 4) is 0 Å². The van der Waals surface area contributed by atoms with Gasteiger partial charge in [-0.1, -0.05) is 6.07 Å². The molecule has 0 aromatic carbocycles. The van der Waals surface area contributed by atoms with Gasteiger partial charge < -0.3 is 5.32 Å². The molecule has 8 nitrogen and oxygen atoms in total. The molecule has 0 aliphatic carbocycles. The zero-order valence-electron chi connectivity index (χ0n) is 13.4. The van der Waals surface area contributed by atoms with Crippen molar-refractivity contribution >= 4 is 17.4 Å². The number of anilines is 1. The number of carbonyl (C=O) groups excluding carboxylic acids is 1. The second-order valence-electron chi connectivity index (χ2n) is 5.32. The Hall–Kier alpha value is -2.77. The number of hydrogen-bond acceptors (Lipinski definition) is 5. The molecular formula is C15H19N5O3. The van der Waals surface area contributed by atoms with E-state index in [0.29, 0.717) is 36.6 Å². The van der Waals surface area contributed by atoms with Crippen molar-refractivity contribution in [1.82, 2.24) is 14.8 Å². The van der Waals surface area contributed by atoms with Crippen LogP contribution in [0.15, 0.2) is 18.2 Å². The molecule has 0 aliphatic rings. The minimum absolute atomic E-state index is 0.0402. The lowest BCUT2D eigenvalue weighted by Crippen LogP contribution is -2.14. The summed E-state index contributed by atoms with van der Waals surface area (Å²) in [5.74, 6) is 0.385. The third-order valence-electron chi connectivity index (χ3n) is 3.46. The van der Waals surface area contributed by atoms with Gasteiger partial charge in [0.15, 0.2) is 0 Å². The highest BCUT2D eigenvalue weighted by Gasteiger charge is 2.21. The van der Waals surface area contributed by atoms with E-state index in [0.717, 1.165) is 5.69 Å². The van der Waals surface area contributed by atoms with E-state index < -0.39 is 4.92 Å². The third-order valence-corrected chi connectivity index (χ3v) is 3.46. The number of aromatic nitrogens is 3. The lowest BCUT2D eigenvalue weighted by Gasteiger charge is -2.06. The molecule has 0 unspecified atom stereocenters. The van der Waals surface area contributed by atoms with Crippen LogP contribution in [0.25, 0.3) is 0 Å². The molecule has 0 bridgehead atoms. The Labute approximate surface area is 133 Å². The molecule has 1 amide bonds. The normalized spacial score (nSPS) is 10.6. The Morgan fingerprint density at radius 1 is 1.35 bits per heavy atom. The lowest BCUT2D eigenvalue weighted by molar-refractivity contribution is -0.386. The number of rotatable bonds is 6. The van der Waals surface area contributed by atoms with E-state index in [4.69, 9.17) is 0 Å². The highest BCUT2D eigenvalue weighted by molar-refractivity contribution is 5.89. The molecule has 0 saturated heterocycles. The van der Waals surface area contributed by atoms with Crippen molar-refractivity contribution in [2.24, 2.45) is 0 Å². The molecule has 8 heteroatoms. The fourth-order valence-electron chi connectivity index (χ4n) is 2.38. The van der Waals surface area contributed by atoms with Crippen LogP contribution in [-0.2, 0) is 11.3 Å². The van der Waals surface area contributed by atoms with Crippen molar-refractivity contribution in [3.05, 3.63) is 45.4 Å². The van der Waals surface area contributed by atoms with Crippen LogP contribution < -0.4 is 5.32 Å². The van der Waals surface area contributed by atoms with Crippen LogP contribution in [0.4, 0.5) is 11.5 Å². The van der Waals surface area contributed by atoms with E-state index in [1.165, 1.54) is 0 Å². The van der Waals surface area contributed by atoms with Crippen molar-refractivity contribution in [2.75, 3.05) is 5.32 Å². The predicted octanol–water partition coefficient (Wildman–Crippen LogP) is 2.53. The molecule has 1 N–H and O–H groups in total. The van der Waals surface area contributed by atoms with Gasteiger partial charge in [0.1, 0.15) is 17.2 Å². The number of hydrogen-bond donors (Lipinski definition) is 1. The summed E-state index contributed by atoms with van der Waals surface area (Å²) in [4.78, 5) is 26.6. The number of nitrogens with one attached hydrogen (secondary N) is 1. The third kappa shape index (κ3) is 4.12. The Bertz CT molecular complexity index is 739. The van der Waals surface area contributed by atoms with Crippen LogP contribution in [0.2, 0.25) is 0 Å². The maximum atomic E-state index is 11.9. The first kappa shape index (κ1) is 16.6. The van der Waals surface area contributed by atoms with Crippen molar-refractivity contribution in [1.29, 1.82) is 0 Å². The molecule has 0 aliphatic heterocycles. The highest BCUT2D eigenvalue weighted by atomic mass is 16.6. The maximum Gasteiger partial charge on any atom is 0.312 e. The summed E-state index contributed by atoms with van der Waals surface area (Å²) < 4.78 is 1.58. The second-order valence-corrected chi connectivity index (χ2v) is 5.32. The van der Waals surface area contributed by atoms with Crippen LogP contribution in [0.3, 0.4) is 0 Å². The molecule has 0 saturated carbocycles. The topological polar surface area (TPSA) is 103 Å². The van der Waals surface area contributed by atoms with Gasteiger partial charge >= 0.3 is 5.69 Å². The van der Waals surface area contributed by atoms with Gasteiger partial charge in [-0.3, -0.25) is 19.6 Å². The highest BCUT2D eigenvalue weighted by Crippen LogP contribution is 2.22. The number of pyridine rings is 1. The molecular weight excluding hydrogens is 298 g/mol. The van der Waals surface area contributed by atoms with Gasteiger partial charge in [-0.2, -0.15) is 5.10 Å². The molecule has 0 spiro atoms. The minimum Gasteiger partial charge on any atom is -0.311 e. The van der Waals surface area contributed by atoms with Gasteiger partial charge in [-0.05, 0) is 39.3 Å². The first-order chi connectivity index (χ1) is 10.9. The molecule has 23 heavy (non-hydrogen) atoms. The van der Waals surface area contributed by atoms with Gasteiger partial charge in [-0.15, -0.1) is 0 Å². The van der Waals surface area contributed by atoms with E-state index >= 15 is 0 Å². The monoisotopic (exact) mass is 317 g/mol. The fraction of sp³-hybridized carbons (Fsp3) is 0.400. The van der Waals surface area contributed by atoms with E-state index in [2.05, 4.69) is 15.4 Å². The van der Waals surface area contributed by atoms with Crippen LogP contribution >= 0.6 is 0 Å². The lowest BCUT2D eigenvalue weighted by atomic mass is 10.2. The number of amides is 1. The molecule has 0 fully saturated rings. The van der Waals surface area contributed by atoms with Crippen molar-refractivity contribution in [2.45, 2.75) is 40.2 Å². The first-order valence-corrected chi connectivity index (χ1v) is 7.30. The molecule has 122 valence electrons. The van der Waals surface area contributed by atoms with Crippen LogP contribution in [0, 0.1) is 30.9 Å². The average molecular weight is 317 g/mol. The van der Waals surface area contributed by atoms with Gasteiger partial charge in [0.05, 0.1) is 4.92 Å². The predicted molar refractivity (Wildman–Crippen MR) is 85.2 cm³/mol. The van der Waals surface area contributed by atoms with E-state index in [-0.39, 0.29) is 11.6 Å². The first-order valence-electron chi connectivity index (χ1n) is 7.30. The molecule has 0 atom stereocenters. The van der Waals surface area contributed by atoms with Crippen molar-refractivity contribution < 1.29 is 9.72 Å². The van der Waals surface area contributed by atoms with Crippen LogP contribution in [-0.4, -0.2) is 25.6 Å². The van der Waals surface area contributed by atoms with E-state index in [1.54, 1.807) is 24.6 Å². The minimum atomic E-state index is -0.426. The van der Waals surface area contributed by atoms with Gasteiger partial charge in [0.25, 0.3) is 0 Å². The Kier molecular flexibility index (Phi) is 5.05. The Balaban J connectivity index is 1.89. The van der Waals surface area contributed by atoms with Gasteiger partial charge in [0, 0.05) is 18.7 Å². The summed E-state index contributed by atoms with van der Waals surface area (Å²) in [5, 5.41) is 17.8. The SMILES string of the molecule is Cc1cccc(NC(=O)CCCn2nc(C)c([N+](=O)[O-])c2C)n1. The Morgan fingerprint density at radius 3 is 2.70 bits per heavy atom. The van der Waals surface area contributed by atoms with E-state index in [1.807, 2.05) is 19.1 Å². The molecule has 2 rings (SSSR count). The summed E-state index contributed by atoms with van der Waals surface area (Å²) >= 11 is 0. The molecule has 2 heterocycles. The van der Waals surface area contributed by atoms with Gasteiger partial charge in [-0.25, -0.2) is 4.98 Å². The number of carbonyl (C=O) groups is 1.